The molecular weight excluding hydrogens is 285 g/mol. The van der Waals surface area contributed by atoms with Crippen LogP contribution in [0.4, 0.5) is 24.9 Å². The number of aromatic nitrogens is 2. The standard InChI is InChI=1S/C13H13F3N4O/c14-13(15,16)10-6-11(17-7-9-2-1-5-21-9)20-12(19-10)18-8-3-4-8/h1-2,5-6,8H,3-4,7H2,(H2,17,18,19,20). The summed E-state index contributed by atoms with van der Waals surface area (Å²) in [5, 5.41) is 5.68. The Bertz CT molecular complexity index is 608. The molecule has 0 spiro atoms. The molecule has 2 aromatic heterocycles. The van der Waals surface area contributed by atoms with Gasteiger partial charge in [0.25, 0.3) is 0 Å². The van der Waals surface area contributed by atoms with Crippen molar-refractivity contribution in [3.05, 3.63) is 35.9 Å². The SMILES string of the molecule is FC(F)(F)c1cc(NCc2ccco2)nc(NC2CC2)n1. The third-order valence-electron chi connectivity index (χ3n) is 2.95. The number of anilines is 2. The molecule has 0 bridgehead atoms. The maximum absolute atomic E-state index is 12.9. The van der Waals surface area contributed by atoms with Crippen molar-refractivity contribution < 1.29 is 17.6 Å². The van der Waals surface area contributed by atoms with Gasteiger partial charge in [-0.2, -0.15) is 18.2 Å². The van der Waals surface area contributed by atoms with Gasteiger partial charge < -0.3 is 15.1 Å². The van der Waals surface area contributed by atoms with E-state index in [1.807, 2.05) is 0 Å². The molecule has 0 amide bonds. The van der Waals surface area contributed by atoms with Crippen LogP contribution in [-0.2, 0) is 12.7 Å². The lowest BCUT2D eigenvalue weighted by atomic mass is 10.3. The van der Waals surface area contributed by atoms with E-state index < -0.39 is 11.9 Å². The molecule has 112 valence electrons. The normalized spacial score (nSPS) is 15.0. The van der Waals surface area contributed by atoms with E-state index in [2.05, 4.69) is 20.6 Å². The Hall–Kier alpha value is -2.25. The number of furan rings is 1. The van der Waals surface area contributed by atoms with Gasteiger partial charge in [0.1, 0.15) is 11.6 Å². The first-order valence-corrected chi connectivity index (χ1v) is 6.50. The van der Waals surface area contributed by atoms with E-state index in [1.165, 1.54) is 6.26 Å². The molecule has 0 aliphatic heterocycles. The molecule has 1 fully saturated rings. The molecule has 21 heavy (non-hydrogen) atoms. The topological polar surface area (TPSA) is 63.0 Å². The summed E-state index contributed by atoms with van der Waals surface area (Å²) in [4.78, 5) is 7.57. The van der Waals surface area contributed by atoms with Crippen molar-refractivity contribution in [1.29, 1.82) is 0 Å². The molecule has 1 aliphatic rings. The monoisotopic (exact) mass is 298 g/mol. The Labute approximate surface area is 118 Å². The van der Waals surface area contributed by atoms with Crippen LogP contribution in [0.2, 0.25) is 0 Å². The van der Waals surface area contributed by atoms with Crippen molar-refractivity contribution in [3.8, 4) is 0 Å². The lowest BCUT2D eigenvalue weighted by Crippen LogP contribution is -2.14. The molecule has 8 heteroatoms. The van der Waals surface area contributed by atoms with Gasteiger partial charge in [0.05, 0.1) is 12.8 Å². The van der Waals surface area contributed by atoms with Crippen molar-refractivity contribution in [2.45, 2.75) is 31.6 Å². The summed E-state index contributed by atoms with van der Waals surface area (Å²) in [5.74, 6) is 0.713. The molecule has 3 rings (SSSR count). The molecule has 5 nitrogen and oxygen atoms in total. The largest absolute Gasteiger partial charge is 0.467 e. The van der Waals surface area contributed by atoms with Crippen LogP contribution in [-0.4, -0.2) is 16.0 Å². The summed E-state index contributed by atoms with van der Waals surface area (Å²) >= 11 is 0. The van der Waals surface area contributed by atoms with Crippen LogP contribution >= 0.6 is 0 Å². The molecule has 2 heterocycles. The Balaban J connectivity index is 1.79. The van der Waals surface area contributed by atoms with Crippen molar-refractivity contribution >= 4 is 11.8 Å². The zero-order valence-corrected chi connectivity index (χ0v) is 10.9. The summed E-state index contributed by atoms with van der Waals surface area (Å²) in [6, 6.07) is 4.49. The Kier molecular flexibility index (Phi) is 3.44. The molecule has 0 unspecified atom stereocenters. The van der Waals surface area contributed by atoms with Crippen molar-refractivity contribution in [1.82, 2.24) is 9.97 Å². The van der Waals surface area contributed by atoms with Gasteiger partial charge in [-0.3, -0.25) is 0 Å². The Morgan fingerprint density at radius 3 is 2.71 bits per heavy atom. The summed E-state index contributed by atoms with van der Waals surface area (Å²) in [6.45, 7) is 0.254. The van der Waals surface area contributed by atoms with Crippen LogP contribution in [0, 0.1) is 0 Å². The quantitative estimate of drug-likeness (QED) is 0.887. The fraction of sp³-hybridized carbons (Fsp3) is 0.385. The first kappa shape index (κ1) is 13.7. The summed E-state index contributed by atoms with van der Waals surface area (Å²) in [6.07, 6.45) is -1.16. The average molecular weight is 298 g/mol. The molecule has 0 atom stereocenters. The number of nitrogens with zero attached hydrogens (tertiary/aromatic N) is 2. The fourth-order valence-corrected chi connectivity index (χ4v) is 1.75. The predicted molar refractivity (Wildman–Crippen MR) is 69.7 cm³/mol. The molecule has 0 aromatic carbocycles. The van der Waals surface area contributed by atoms with Crippen LogP contribution in [0.25, 0.3) is 0 Å². The van der Waals surface area contributed by atoms with Gasteiger partial charge >= 0.3 is 6.18 Å². The minimum Gasteiger partial charge on any atom is -0.467 e. The maximum atomic E-state index is 12.9. The number of rotatable bonds is 5. The van der Waals surface area contributed by atoms with Gasteiger partial charge in [0, 0.05) is 12.1 Å². The summed E-state index contributed by atoms with van der Waals surface area (Å²) in [5.41, 5.74) is -0.970. The van der Waals surface area contributed by atoms with E-state index in [4.69, 9.17) is 4.42 Å². The Morgan fingerprint density at radius 1 is 1.29 bits per heavy atom. The van der Waals surface area contributed by atoms with Crippen molar-refractivity contribution in [2.24, 2.45) is 0 Å². The smallest absolute Gasteiger partial charge is 0.433 e. The zero-order chi connectivity index (χ0) is 14.9. The summed E-state index contributed by atoms with van der Waals surface area (Å²) in [7, 11) is 0. The second kappa shape index (κ2) is 5.27. The van der Waals surface area contributed by atoms with E-state index >= 15 is 0 Å². The van der Waals surface area contributed by atoms with Crippen LogP contribution in [0.15, 0.2) is 28.9 Å². The second-order valence-corrected chi connectivity index (χ2v) is 4.81. The highest BCUT2D eigenvalue weighted by Gasteiger charge is 2.34. The minimum absolute atomic E-state index is 0.00531. The summed E-state index contributed by atoms with van der Waals surface area (Å²) < 4.78 is 43.7. The average Bonchev–Trinajstić information content (AvgIpc) is 3.07. The lowest BCUT2D eigenvalue weighted by molar-refractivity contribution is -0.141. The molecule has 1 aliphatic carbocycles. The molecule has 0 radical (unpaired) electrons. The molecule has 2 aromatic rings. The van der Waals surface area contributed by atoms with E-state index in [0.717, 1.165) is 18.9 Å². The highest BCUT2D eigenvalue weighted by atomic mass is 19.4. The van der Waals surface area contributed by atoms with Crippen LogP contribution in [0.1, 0.15) is 24.3 Å². The van der Waals surface area contributed by atoms with Gasteiger partial charge in [0.15, 0.2) is 5.69 Å². The number of hydrogen-bond donors (Lipinski definition) is 2. The second-order valence-electron chi connectivity index (χ2n) is 4.81. The van der Waals surface area contributed by atoms with Crippen LogP contribution in [0.3, 0.4) is 0 Å². The third kappa shape index (κ3) is 3.65. The van der Waals surface area contributed by atoms with Gasteiger partial charge in [-0.15, -0.1) is 0 Å². The number of hydrogen-bond acceptors (Lipinski definition) is 5. The van der Waals surface area contributed by atoms with Gasteiger partial charge in [-0.1, -0.05) is 0 Å². The molecule has 2 N–H and O–H groups in total. The van der Waals surface area contributed by atoms with E-state index in [1.54, 1.807) is 12.1 Å². The Morgan fingerprint density at radius 2 is 2.10 bits per heavy atom. The highest BCUT2D eigenvalue weighted by molar-refractivity contribution is 5.44. The third-order valence-corrected chi connectivity index (χ3v) is 2.95. The van der Waals surface area contributed by atoms with Gasteiger partial charge in [-0.05, 0) is 25.0 Å². The highest BCUT2D eigenvalue weighted by Crippen LogP contribution is 2.31. The van der Waals surface area contributed by atoms with Crippen LogP contribution in [0.5, 0.6) is 0 Å². The number of halogens is 3. The molecule has 0 saturated heterocycles. The van der Waals surface area contributed by atoms with Crippen molar-refractivity contribution in [3.63, 3.8) is 0 Å². The van der Waals surface area contributed by atoms with E-state index in [-0.39, 0.29) is 24.4 Å². The maximum Gasteiger partial charge on any atom is 0.433 e. The minimum atomic E-state index is -4.51. The predicted octanol–water partition coefficient (Wildman–Crippen LogP) is 3.27. The molecule has 1 saturated carbocycles. The van der Waals surface area contributed by atoms with E-state index in [0.29, 0.717) is 5.76 Å². The first-order chi connectivity index (χ1) is 10.0. The van der Waals surface area contributed by atoms with Crippen molar-refractivity contribution in [2.75, 3.05) is 10.6 Å². The number of nitrogens with one attached hydrogen (secondary N) is 2. The molecular formula is C13H13F3N4O. The number of alkyl halides is 3. The van der Waals surface area contributed by atoms with Gasteiger partial charge in [-0.25, -0.2) is 4.98 Å². The first-order valence-electron chi connectivity index (χ1n) is 6.50. The zero-order valence-electron chi connectivity index (χ0n) is 10.9. The van der Waals surface area contributed by atoms with Gasteiger partial charge in [0.2, 0.25) is 5.95 Å². The van der Waals surface area contributed by atoms with Crippen LogP contribution < -0.4 is 10.6 Å². The fourth-order valence-electron chi connectivity index (χ4n) is 1.75. The van der Waals surface area contributed by atoms with E-state index in [9.17, 15) is 13.2 Å². The lowest BCUT2D eigenvalue weighted by Gasteiger charge is -2.12.